The lowest BCUT2D eigenvalue weighted by Gasteiger charge is -2.24. The van der Waals surface area contributed by atoms with Gasteiger partial charge in [0.25, 0.3) is 0 Å². The maximum atomic E-state index is 12.6. The van der Waals surface area contributed by atoms with E-state index < -0.39 is 0 Å². The molecule has 1 saturated carbocycles. The van der Waals surface area contributed by atoms with Gasteiger partial charge in [-0.2, -0.15) is 0 Å². The summed E-state index contributed by atoms with van der Waals surface area (Å²) in [5.74, 6) is 0.547. The van der Waals surface area contributed by atoms with Gasteiger partial charge in [0.2, 0.25) is 5.91 Å². The van der Waals surface area contributed by atoms with Gasteiger partial charge >= 0.3 is 0 Å². The molecule has 0 bridgehead atoms. The van der Waals surface area contributed by atoms with Gasteiger partial charge in [0.15, 0.2) is 0 Å². The fourth-order valence-electron chi connectivity index (χ4n) is 4.23. The van der Waals surface area contributed by atoms with Crippen LogP contribution in [-0.4, -0.2) is 19.0 Å². The van der Waals surface area contributed by atoms with Crippen molar-refractivity contribution in [2.75, 3.05) is 13.1 Å². The molecule has 1 aliphatic heterocycles. The second kappa shape index (κ2) is 6.14. The number of halogens is 2. The standard InChI is InChI=1S/C17H21BrN2O.ClH/c18-14-3-1-2-12-11(14)4-5-15(12)20-16(21)13-10-17(13)6-8-19-9-7-17;/h1-3,13,15,19H,4-10H2,(H,20,21);1H. The summed E-state index contributed by atoms with van der Waals surface area (Å²) < 4.78 is 1.18. The fraction of sp³-hybridized carbons (Fsp3) is 0.588. The van der Waals surface area contributed by atoms with Gasteiger partial charge in [0.05, 0.1) is 6.04 Å². The average Bonchev–Trinajstić information content (AvgIpc) is 3.01. The second-order valence-electron chi connectivity index (χ2n) is 6.78. The third-order valence-corrected chi connectivity index (χ3v) is 6.38. The van der Waals surface area contributed by atoms with Crippen molar-refractivity contribution in [3.05, 3.63) is 33.8 Å². The molecule has 2 N–H and O–H groups in total. The van der Waals surface area contributed by atoms with Crippen LogP contribution in [0.2, 0.25) is 0 Å². The highest BCUT2D eigenvalue weighted by atomic mass is 79.9. The molecule has 0 aromatic heterocycles. The van der Waals surface area contributed by atoms with Crippen LogP contribution in [0.25, 0.3) is 0 Å². The summed E-state index contributed by atoms with van der Waals surface area (Å²) in [6.07, 6.45) is 5.51. The van der Waals surface area contributed by atoms with Crippen LogP contribution in [-0.2, 0) is 11.2 Å². The molecule has 1 aromatic carbocycles. The van der Waals surface area contributed by atoms with Gasteiger partial charge in [-0.1, -0.05) is 28.1 Å². The SMILES string of the molecule is Cl.O=C(NC1CCc2c(Br)cccc21)C1CC12CCNCC2. The van der Waals surface area contributed by atoms with Crippen LogP contribution in [0.5, 0.6) is 0 Å². The van der Waals surface area contributed by atoms with Crippen LogP contribution < -0.4 is 10.6 Å². The van der Waals surface area contributed by atoms with E-state index >= 15 is 0 Å². The molecule has 2 unspecified atom stereocenters. The quantitative estimate of drug-likeness (QED) is 0.819. The first-order valence-corrected chi connectivity index (χ1v) is 8.77. The summed E-state index contributed by atoms with van der Waals surface area (Å²) in [4.78, 5) is 12.6. The number of amides is 1. The Morgan fingerprint density at radius 2 is 2.09 bits per heavy atom. The summed E-state index contributed by atoms with van der Waals surface area (Å²) in [6, 6.07) is 6.53. The van der Waals surface area contributed by atoms with Crippen molar-refractivity contribution in [1.82, 2.24) is 10.6 Å². The molecule has 2 fully saturated rings. The van der Waals surface area contributed by atoms with E-state index in [1.54, 1.807) is 0 Å². The molecule has 3 nitrogen and oxygen atoms in total. The van der Waals surface area contributed by atoms with Gasteiger partial charge in [-0.05, 0) is 67.8 Å². The lowest BCUT2D eigenvalue weighted by Crippen LogP contribution is -2.34. The first-order valence-electron chi connectivity index (χ1n) is 7.98. The number of hydrogen-bond donors (Lipinski definition) is 2. The van der Waals surface area contributed by atoms with Crippen LogP contribution in [0.1, 0.15) is 42.9 Å². The molecular weight excluding hydrogens is 364 g/mol. The van der Waals surface area contributed by atoms with Crippen LogP contribution in [0, 0.1) is 11.3 Å². The Balaban J connectivity index is 0.00000144. The van der Waals surface area contributed by atoms with E-state index in [1.807, 2.05) is 0 Å². The number of fused-ring (bicyclic) bond motifs is 1. The van der Waals surface area contributed by atoms with Gasteiger partial charge in [0, 0.05) is 10.4 Å². The van der Waals surface area contributed by atoms with Crippen LogP contribution in [0.3, 0.4) is 0 Å². The molecule has 4 rings (SSSR count). The third kappa shape index (κ3) is 2.70. The molecular formula is C17H22BrClN2O. The monoisotopic (exact) mass is 384 g/mol. The number of carbonyl (C=O) groups is 1. The third-order valence-electron chi connectivity index (χ3n) is 5.64. The Morgan fingerprint density at radius 1 is 1.32 bits per heavy atom. The highest BCUT2D eigenvalue weighted by molar-refractivity contribution is 9.10. The van der Waals surface area contributed by atoms with Crippen LogP contribution in [0.15, 0.2) is 22.7 Å². The number of benzene rings is 1. The van der Waals surface area contributed by atoms with Gasteiger partial charge < -0.3 is 10.6 Å². The molecule has 1 aromatic rings. The van der Waals surface area contributed by atoms with E-state index in [-0.39, 0.29) is 30.3 Å². The minimum atomic E-state index is 0. The smallest absolute Gasteiger partial charge is 0.224 e. The van der Waals surface area contributed by atoms with Crippen LogP contribution >= 0.6 is 28.3 Å². The van der Waals surface area contributed by atoms with Gasteiger partial charge in [-0.25, -0.2) is 0 Å². The highest BCUT2D eigenvalue weighted by Gasteiger charge is 2.57. The Hall–Kier alpha value is -0.580. The number of piperidine rings is 1. The Kier molecular flexibility index (Phi) is 4.54. The Labute approximate surface area is 146 Å². The summed E-state index contributed by atoms with van der Waals surface area (Å²) in [7, 11) is 0. The summed E-state index contributed by atoms with van der Waals surface area (Å²) in [5.41, 5.74) is 3.00. The van der Waals surface area contributed by atoms with Crippen molar-refractivity contribution in [2.45, 2.75) is 38.1 Å². The highest BCUT2D eigenvalue weighted by Crippen LogP contribution is 2.58. The lowest BCUT2D eigenvalue weighted by atomic mass is 9.91. The van der Waals surface area contributed by atoms with Gasteiger partial charge in [-0.3, -0.25) is 4.79 Å². The van der Waals surface area contributed by atoms with E-state index in [0.29, 0.717) is 5.41 Å². The van der Waals surface area contributed by atoms with Crippen molar-refractivity contribution in [2.24, 2.45) is 11.3 Å². The molecule has 2 atom stereocenters. The summed E-state index contributed by atoms with van der Waals surface area (Å²) in [5, 5.41) is 6.71. The zero-order chi connectivity index (χ0) is 14.4. The van der Waals surface area contributed by atoms with E-state index in [1.165, 1.54) is 15.6 Å². The topological polar surface area (TPSA) is 41.1 Å². The molecule has 1 saturated heterocycles. The summed E-state index contributed by atoms with van der Waals surface area (Å²) in [6.45, 7) is 2.14. The van der Waals surface area contributed by atoms with Crippen molar-refractivity contribution in [1.29, 1.82) is 0 Å². The molecule has 1 spiro atoms. The summed E-state index contributed by atoms with van der Waals surface area (Å²) >= 11 is 3.62. The molecule has 1 heterocycles. The zero-order valence-electron chi connectivity index (χ0n) is 12.5. The average molecular weight is 386 g/mol. The number of hydrogen-bond acceptors (Lipinski definition) is 2. The maximum Gasteiger partial charge on any atom is 0.224 e. The van der Waals surface area contributed by atoms with Crippen molar-refractivity contribution < 1.29 is 4.79 Å². The maximum absolute atomic E-state index is 12.6. The predicted molar refractivity (Wildman–Crippen MR) is 93.2 cm³/mol. The van der Waals surface area contributed by atoms with Gasteiger partial charge in [-0.15, -0.1) is 12.4 Å². The van der Waals surface area contributed by atoms with Crippen molar-refractivity contribution in [3.63, 3.8) is 0 Å². The minimum Gasteiger partial charge on any atom is -0.349 e. The lowest BCUT2D eigenvalue weighted by molar-refractivity contribution is -0.124. The molecule has 2 aliphatic carbocycles. The Morgan fingerprint density at radius 3 is 2.86 bits per heavy atom. The molecule has 3 aliphatic rings. The first-order chi connectivity index (χ1) is 10.2. The molecule has 0 radical (unpaired) electrons. The zero-order valence-corrected chi connectivity index (χ0v) is 14.9. The minimum absolute atomic E-state index is 0. The molecule has 120 valence electrons. The predicted octanol–water partition coefficient (Wildman–Crippen LogP) is 3.36. The van der Waals surface area contributed by atoms with E-state index in [0.717, 1.165) is 45.2 Å². The molecule has 5 heteroatoms. The Bertz CT molecular complexity index is 586. The number of nitrogens with one attached hydrogen (secondary N) is 2. The number of rotatable bonds is 2. The largest absolute Gasteiger partial charge is 0.349 e. The van der Waals surface area contributed by atoms with E-state index in [9.17, 15) is 4.79 Å². The number of carbonyl (C=O) groups excluding carboxylic acids is 1. The van der Waals surface area contributed by atoms with Crippen molar-refractivity contribution in [3.8, 4) is 0 Å². The first kappa shape index (κ1) is 16.3. The fourth-order valence-corrected chi connectivity index (χ4v) is 4.81. The second-order valence-corrected chi connectivity index (χ2v) is 7.63. The molecule has 1 amide bonds. The van der Waals surface area contributed by atoms with E-state index in [4.69, 9.17) is 0 Å². The van der Waals surface area contributed by atoms with Crippen LogP contribution in [0.4, 0.5) is 0 Å². The van der Waals surface area contributed by atoms with Crippen molar-refractivity contribution >= 4 is 34.2 Å². The van der Waals surface area contributed by atoms with Gasteiger partial charge in [0.1, 0.15) is 0 Å². The molecule has 22 heavy (non-hydrogen) atoms. The van der Waals surface area contributed by atoms with E-state index in [2.05, 4.69) is 44.8 Å². The normalized spacial score (nSPS) is 27.9.